The Morgan fingerprint density at radius 3 is 2.78 bits per heavy atom. The summed E-state index contributed by atoms with van der Waals surface area (Å²) in [5.41, 5.74) is 8.10. The Morgan fingerprint density at radius 2 is 2.11 bits per heavy atom. The summed E-state index contributed by atoms with van der Waals surface area (Å²) < 4.78 is 6.65. The first-order chi connectivity index (χ1) is 13.2. The van der Waals surface area contributed by atoms with Crippen LogP contribution >= 0.6 is 0 Å². The zero-order chi connectivity index (χ0) is 19.5. The average Bonchev–Trinajstić information content (AvgIpc) is 3.01. The highest BCUT2D eigenvalue weighted by atomic mass is 16.5. The summed E-state index contributed by atoms with van der Waals surface area (Å²) in [6.07, 6.45) is 1.40. The Labute approximate surface area is 160 Å². The van der Waals surface area contributed by atoms with Crippen molar-refractivity contribution in [3.63, 3.8) is 0 Å². The van der Waals surface area contributed by atoms with Crippen LogP contribution in [0.1, 0.15) is 24.6 Å². The summed E-state index contributed by atoms with van der Waals surface area (Å²) in [5, 5.41) is 20.4. The van der Waals surface area contributed by atoms with Gasteiger partial charge in [0, 0.05) is 26.7 Å². The number of hydrogen-bond donors (Lipinski definition) is 3. The van der Waals surface area contributed by atoms with Gasteiger partial charge in [-0.2, -0.15) is 10.4 Å². The summed E-state index contributed by atoms with van der Waals surface area (Å²) >= 11 is 0. The predicted molar refractivity (Wildman–Crippen MR) is 107 cm³/mol. The Kier molecular flexibility index (Phi) is 8.13. The largest absolute Gasteiger partial charge is 0.383 e. The van der Waals surface area contributed by atoms with Crippen LogP contribution in [0.3, 0.4) is 0 Å². The molecule has 27 heavy (non-hydrogen) atoms. The van der Waals surface area contributed by atoms with Gasteiger partial charge in [-0.1, -0.05) is 18.2 Å². The minimum Gasteiger partial charge on any atom is -0.383 e. The lowest BCUT2D eigenvalue weighted by atomic mass is 10.1. The van der Waals surface area contributed by atoms with Gasteiger partial charge in [-0.15, -0.1) is 0 Å². The minimum atomic E-state index is 0.372. The van der Waals surface area contributed by atoms with E-state index in [1.807, 2.05) is 37.3 Å². The fourth-order valence-electron chi connectivity index (χ4n) is 2.59. The van der Waals surface area contributed by atoms with Gasteiger partial charge >= 0.3 is 0 Å². The van der Waals surface area contributed by atoms with Crippen LogP contribution in [0.5, 0.6) is 0 Å². The van der Waals surface area contributed by atoms with Crippen LogP contribution in [0, 0.1) is 11.3 Å². The van der Waals surface area contributed by atoms with Crippen molar-refractivity contribution < 1.29 is 4.74 Å². The van der Waals surface area contributed by atoms with Crippen LogP contribution in [0.4, 0.5) is 5.82 Å². The maximum atomic E-state index is 9.45. The van der Waals surface area contributed by atoms with Crippen LogP contribution in [0.2, 0.25) is 0 Å². The third-order valence-electron chi connectivity index (χ3n) is 3.89. The highest BCUT2D eigenvalue weighted by Gasteiger charge is 2.16. The summed E-state index contributed by atoms with van der Waals surface area (Å²) in [5.74, 6) is 1.13. The fraction of sp³-hybridized carbons (Fsp3) is 0.421. The Morgan fingerprint density at radius 1 is 1.33 bits per heavy atom. The number of nitriles is 1. The molecule has 144 valence electrons. The van der Waals surface area contributed by atoms with Crippen LogP contribution in [0.25, 0.3) is 5.69 Å². The van der Waals surface area contributed by atoms with E-state index in [4.69, 9.17) is 10.5 Å². The molecule has 8 nitrogen and oxygen atoms in total. The minimum absolute atomic E-state index is 0.372. The molecule has 2 rings (SSSR count). The van der Waals surface area contributed by atoms with E-state index >= 15 is 0 Å². The first kappa shape index (κ1) is 20.3. The number of nitrogens with zero attached hydrogens (tertiary/aromatic N) is 4. The van der Waals surface area contributed by atoms with E-state index in [0.717, 1.165) is 24.6 Å². The van der Waals surface area contributed by atoms with Crippen LogP contribution in [-0.2, 0) is 11.2 Å². The number of para-hydroxylation sites is 1. The second-order valence-corrected chi connectivity index (χ2v) is 5.85. The number of ether oxygens (including phenoxy) is 1. The predicted octanol–water partition coefficient (Wildman–Crippen LogP) is 1.46. The molecule has 0 saturated carbocycles. The fourth-order valence-corrected chi connectivity index (χ4v) is 2.59. The number of aromatic nitrogens is 2. The molecule has 8 heteroatoms. The number of aryl methyl sites for hydroxylation is 1. The highest BCUT2D eigenvalue weighted by molar-refractivity contribution is 5.79. The molecule has 1 aromatic carbocycles. The number of nitrogens with one attached hydrogen (secondary N) is 2. The maximum Gasteiger partial charge on any atom is 0.191 e. The summed E-state index contributed by atoms with van der Waals surface area (Å²) in [6.45, 7) is 4.73. The standard InChI is InChI=1S/C19H27N7O/c1-3-22-19(24-12-13-27-2)23-11-7-10-17-16(14-20)18(21)26(25-17)15-8-5-4-6-9-15/h4-6,8-9H,3,7,10-13,21H2,1-2H3,(H2,22,23,24). The molecule has 0 radical (unpaired) electrons. The van der Waals surface area contributed by atoms with Crippen molar-refractivity contribution in [2.75, 3.05) is 39.1 Å². The van der Waals surface area contributed by atoms with Gasteiger partial charge in [0.15, 0.2) is 5.96 Å². The van der Waals surface area contributed by atoms with E-state index in [2.05, 4.69) is 26.8 Å². The zero-order valence-corrected chi connectivity index (χ0v) is 15.9. The molecule has 0 fully saturated rings. The zero-order valence-electron chi connectivity index (χ0n) is 15.9. The molecule has 0 aliphatic rings. The van der Waals surface area contributed by atoms with Crippen LogP contribution in [-0.4, -0.2) is 49.1 Å². The number of rotatable bonds is 9. The summed E-state index contributed by atoms with van der Waals surface area (Å²) in [6, 6.07) is 11.7. The van der Waals surface area contributed by atoms with Crippen molar-refractivity contribution in [3.8, 4) is 11.8 Å². The first-order valence-electron chi connectivity index (χ1n) is 9.05. The number of aliphatic imine (C=N–C) groups is 1. The van der Waals surface area contributed by atoms with Gasteiger partial charge in [-0.3, -0.25) is 4.99 Å². The van der Waals surface area contributed by atoms with Crippen LogP contribution < -0.4 is 16.4 Å². The molecule has 0 unspecified atom stereocenters. The lowest BCUT2D eigenvalue weighted by molar-refractivity contribution is 0.203. The lowest BCUT2D eigenvalue weighted by Gasteiger charge is -2.10. The normalized spacial score (nSPS) is 11.2. The molecule has 0 aliphatic heterocycles. The molecule has 2 aromatic rings. The van der Waals surface area contributed by atoms with E-state index in [9.17, 15) is 5.26 Å². The molecule has 0 atom stereocenters. The third-order valence-corrected chi connectivity index (χ3v) is 3.89. The molecule has 0 bridgehead atoms. The third kappa shape index (κ3) is 5.72. The van der Waals surface area contributed by atoms with E-state index < -0.39 is 0 Å². The lowest BCUT2D eigenvalue weighted by Crippen LogP contribution is -2.39. The van der Waals surface area contributed by atoms with Crippen molar-refractivity contribution in [1.82, 2.24) is 20.4 Å². The molecule has 0 saturated heterocycles. The van der Waals surface area contributed by atoms with Crippen molar-refractivity contribution >= 4 is 11.8 Å². The van der Waals surface area contributed by atoms with Crippen molar-refractivity contribution in [2.45, 2.75) is 19.8 Å². The highest BCUT2D eigenvalue weighted by Crippen LogP contribution is 2.21. The number of anilines is 1. The van der Waals surface area contributed by atoms with E-state index in [1.54, 1.807) is 11.8 Å². The number of hydrogen-bond acceptors (Lipinski definition) is 5. The summed E-state index contributed by atoms with van der Waals surface area (Å²) in [4.78, 5) is 4.53. The molecule has 0 amide bonds. The Hall–Kier alpha value is -3.05. The monoisotopic (exact) mass is 369 g/mol. The van der Waals surface area contributed by atoms with Gasteiger partial charge in [0.05, 0.1) is 18.0 Å². The number of nitrogen functional groups attached to an aromatic ring is 1. The van der Waals surface area contributed by atoms with Gasteiger partial charge < -0.3 is 21.1 Å². The molecule has 0 aliphatic carbocycles. The van der Waals surface area contributed by atoms with Crippen LogP contribution in [0.15, 0.2) is 35.3 Å². The van der Waals surface area contributed by atoms with Crippen molar-refractivity contribution in [1.29, 1.82) is 5.26 Å². The molecule has 0 spiro atoms. The number of benzene rings is 1. The Balaban J connectivity index is 2.01. The van der Waals surface area contributed by atoms with Crippen molar-refractivity contribution in [2.24, 2.45) is 4.99 Å². The smallest absolute Gasteiger partial charge is 0.191 e. The second-order valence-electron chi connectivity index (χ2n) is 5.85. The van der Waals surface area contributed by atoms with E-state index in [0.29, 0.717) is 43.2 Å². The van der Waals surface area contributed by atoms with Gasteiger partial charge in [0.2, 0.25) is 0 Å². The molecule has 1 aromatic heterocycles. The van der Waals surface area contributed by atoms with Gasteiger partial charge in [0.1, 0.15) is 17.5 Å². The van der Waals surface area contributed by atoms with Gasteiger partial charge in [0.25, 0.3) is 0 Å². The average molecular weight is 369 g/mol. The first-order valence-corrected chi connectivity index (χ1v) is 9.05. The topological polar surface area (TPSA) is 113 Å². The Bertz CT molecular complexity index is 777. The van der Waals surface area contributed by atoms with Gasteiger partial charge in [-0.25, -0.2) is 4.68 Å². The number of methoxy groups -OCH3 is 1. The maximum absolute atomic E-state index is 9.45. The van der Waals surface area contributed by atoms with E-state index in [-0.39, 0.29) is 0 Å². The quantitative estimate of drug-likeness (QED) is 0.350. The molecule has 4 N–H and O–H groups in total. The van der Waals surface area contributed by atoms with Crippen molar-refractivity contribution in [3.05, 3.63) is 41.6 Å². The van der Waals surface area contributed by atoms with E-state index in [1.165, 1.54) is 0 Å². The molecular formula is C19H27N7O. The number of guanidine groups is 1. The molecule has 1 heterocycles. The second kappa shape index (κ2) is 10.8. The molecular weight excluding hydrogens is 342 g/mol. The van der Waals surface area contributed by atoms with Gasteiger partial charge in [-0.05, 0) is 31.9 Å². The summed E-state index contributed by atoms with van der Waals surface area (Å²) in [7, 11) is 1.67. The number of nitrogens with two attached hydrogens (primary N) is 1. The SMILES string of the molecule is CCNC(=NCCCc1nn(-c2ccccc2)c(N)c1C#N)NCCOC.